The van der Waals surface area contributed by atoms with Crippen LogP contribution in [0.4, 0.5) is 0 Å². The third kappa shape index (κ3) is 3.45. The van der Waals surface area contributed by atoms with E-state index in [2.05, 4.69) is 17.1 Å². The summed E-state index contributed by atoms with van der Waals surface area (Å²) in [6.07, 6.45) is 6.16. The zero-order chi connectivity index (χ0) is 12.8. The molecule has 0 bridgehead atoms. The van der Waals surface area contributed by atoms with Gasteiger partial charge in [-0.1, -0.05) is 30.3 Å². The Kier molecular flexibility index (Phi) is 4.12. The minimum absolute atomic E-state index is 0.0132. The number of imidazole rings is 1. The highest BCUT2D eigenvalue weighted by atomic mass is 16.4. The number of carboxylic acids is 1. The lowest BCUT2D eigenvalue weighted by Crippen LogP contribution is -2.10. The second kappa shape index (κ2) is 6.00. The van der Waals surface area contributed by atoms with Crippen LogP contribution in [0, 0.1) is 0 Å². The third-order valence-electron chi connectivity index (χ3n) is 2.85. The van der Waals surface area contributed by atoms with Crippen LogP contribution in [0.3, 0.4) is 0 Å². The maximum absolute atomic E-state index is 10.7. The predicted octanol–water partition coefficient (Wildman–Crippen LogP) is 2.14. The lowest BCUT2D eigenvalue weighted by Gasteiger charge is -2.05. The van der Waals surface area contributed by atoms with Crippen LogP contribution in [0.1, 0.15) is 17.7 Å². The van der Waals surface area contributed by atoms with Gasteiger partial charge in [-0.05, 0) is 24.8 Å². The summed E-state index contributed by atoms with van der Waals surface area (Å²) in [6.45, 7) is -0.0132. The predicted molar refractivity (Wildman–Crippen MR) is 68.3 cm³/mol. The molecule has 2 rings (SSSR count). The second-order valence-corrected chi connectivity index (χ2v) is 4.25. The van der Waals surface area contributed by atoms with E-state index in [0.29, 0.717) is 0 Å². The summed E-state index contributed by atoms with van der Waals surface area (Å²) < 4.78 is 1.69. The molecule has 0 radical (unpaired) electrons. The highest BCUT2D eigenvalue weighted by molar-refractivity contribution is 5.66. The molecule has 0 saturated heterocycles. The first-order valence-electron chi connectivity index (χ1n) is 6.00. The summed E-state index contributed by atoms with van der Waals surface area (Å²) in [5.74, 6) is -0.836. The summed E-state index contributed by atoms with van der Waals surface area (Å²) in [5, 5.41) is 8.76. The summed E-state index contributed by atoms with van der Waals surface area (Å²) in [4.78, 5) is 14.7. The molecule has 4 nitrogen and oxygen atoms in total. The molecule has 0 saturated carbocycles. The minimum atomic E-state index is -0.836. The number of nitrogens with zero attached hydrogens (tertiary/aromatic N) is 2. The number of hydrogen-bond acceptors (Lipinski definition) is 2. The lowest BCUT2D eigenvalue weighted by atomic mass is 10.1. The Labute approximate surface area is 106 Å². The van der Waals surface area contributed by atoms with Gasteiger partial charge in [-0.3, -0.25) is 4.79 Å². The Morgan fingerprint density at radius 3 is 2.72 bits per heavy atom. The molecule has 0 aliphatic carbocycles. The van der Waals surface area contributed by atoms with E-state index in [1.165, 1.54) is 5.56 Å². The fourth-order valence-electron chi connectivity index (χ4n) is 1.96. The van der Waals surface area contributed by atoms with Crippen LogP contribution in [0.25, 0.3) is 0 Å². The van der Waals surface area contributed by atoms with Crippen molar-refractivity contribution in [3.63, 3.8) is 0 Å². The van der Waals surface area contributed by atoms with Crippen molar-refractivity contribution in [2.75, 3.05) is 0 Å². The number of carboxylic acid groups (broad SMARTS) is 1. The largest absolute Gasteiger partial charge is 0.480 e. The normalized spacial score (nSPS) is 10.4. The van der Waals surface area contributed by atoms with Gasteiger partial charge in [0, 0.05) is 11.9 Å². The molecule has 0 aliphatic rings. The van der Waals surface area contributed by atoms with Crippen molar-refractivity contribution < 1.29 is 9.90 Å². The highest BCUT2D eigenvalue weighted by Crippen LogP contribution is 2.08. The molecule has 2 aromatic rings. The molecule has 1 N–H and O–H groups in total. The van der Waals surface area contributed by atoms with Gasteiger partial charge in [-0.2, -0.15) is 0 Å². The number of benzene rings is 1. The van der Waals surface area contributed by atoms with Gasteiger partial charge >= 0.3 is 5.97 Å². The van der Waals surface area contributed by atoms with Gasteiger partial charge in [0.15, 0.2) is 0 Å². The Hall–Kier alpha value is -2.10. The van der Waals surface area contributed by atoms with Crippen LogP contribution < -0.4 is 0 Å². The fourth-order valence-corrected chi connectivity index (χ4v) is 1.96. The fraction of sp³-hybridized carbons (Fsp3) is 0.286. The molecular formula is C14H16N2O2. The van der Waals surface area contributed by atoms with Crippen LogP contribution in [0.15, 0.2) is 42.9 Å². The van der Waals surface area contributed by atoms with Crippen molar-refractivity contribution in [1.82, 2.24) is 9.55 Å². The Bertz CT molecular complexity index is 506. The van der Waals surface area contributed by atoms with E-state index in [1.54, 1.807) is 17.1 Å². The van der Waals surface area contributed by atoms with Gasteiger partial charge in [0.25, 0.3) is 0 Å². The van der Waals surface area contributed by atoms with Crippen LogP contribution >= 0.6 is 0 Å². The summed E-state index contributed by atoms with van der Waals surface area (Å²) in [5.41, 5.74) is 2.29. The van der Waals surface area contributed by atoms with E-state index in [9.17, 15) is 4.79 Å². The van der Waals surface area contributed by atoms with E-state index in [1.807, 2.05) is 18.2 Å². The minimum Gasteiger partial charge on any atom is -0.480 e. The zero-order valence-electron chi connectivity index (χ0n) is 10.1. The first-order valence-corrected chi connectivity index (χ1v) is 6.00. The quantitative estimate of drug-likeness (QED) is 0.847. The molecular weight excluding hydrogens is 228 g/mol. The van der Waals surface area contributed by atoms with Crippen molar-refractivity contribution in [3.05, 3.63) is 54.1 Å². The van der Waals surface area contributed by atoms with Gasteiger partial charge in [0.2, 0.25) is 0 Å². The first kappa shape index (κ1) is 12.4. The number of carbonyl (C=O) groups is 1. The van der Waals surface area contributed by atoms with Gasteiger partial charge in [-0.25, -0.2) is 4.98 Å². The Balaban J connectivity index is 1.87. The molecule has 94 valence electrons. The van der Waals surface area contributed by atoms with E-state index < -0.39 is 5.97 Å². The number of aromatic nitrogens is 2. The first-order chi connectivity index (χ1) is 8.75. The van der Waals surface area contributed by atoms with Crippen molar-refractivity contribution in [1.29, 1.82) is 0 Å². The number of rotatable bonds is 6. The summed E-state index contributed by atoms with van der Waals surface area (Å²) in [6, 6.07) is 10.3. The molecule has 0 fully saturated rings. The molecule has 18 heavy (non-hydrogen) atoms. The van der Waals surface area contributed by atoms with Gasteiger partial charge < -0.3 is 9.67 Å². The highest BCUT2D eigenvalue weighted by Gasteiger charge is 2.05. The SMILES string of the molecule is O=C(O)Cn1cncc1CCCc1ccccc1. The molecule has 1 heterocycles. The van der Waals surface area contributed by atoms with E-state index >= 15 is 0 Å². The van der Waals surface area contributed by atoms with Gasteiger partial charge in [0.05, 0.1) is 6.33 Å². The third-order valence-corrected chi connectivity index (χ3v) is 2.85. The van der Waals surface area contributed by atoms with Crippen LogP contribution in [0.5, 0.6) is 0 Å². The maximum Gasteiger partial charge on any atom is 0.323 e. The van der Waals surface area contributed by atoms with E-state index in [0.717, 1.165) is 25.0 Å². The molecule has 1 aromatic carbocycles. The van der Waals surface area contributed by atoms with Crippen molar-refractivity contribution in [2.24, 2.45) is 0 Å². The average molecular weight is 244 g/mol. The van der Waals surface area contributed by atoms with Crippen LogP contribution in [-0.4, -0.2) is 20.6 Å². The molecule has 0 atom stereocenters. The maximum atomic E-state index is 10.7. The Morgan fingerprint density at radius 2 is 2.00 bits per heavy atom. The molecule has 1 aromatic heterocycles. The van der Waals surface area contributed by atoms with Crippen molar-refractivity contribution >= 4 is 5.97 Å². The van der Waals surface area contributed by atoms with E-state index in [4.69, 9.17) is 5.11 Å². The smallest absolute Gasteiger partial charge is 0.323 e. The van der Waals surface area contributed by atoms with Gasteiger partial charge in [-0.15, -0.1) is 0 Å². The number of aryl methyl sites for hydroxylation is 2. The monoisotopic (exact) mass is 244 g/mol. The standard InChI is InChI=1S/C14H16N2O2/c17-14(18)10-16-11-15-9-13(16)8-4-7-12-5-2-1-3-6-12/h1-3,5-6,9,11H,4,7-8,10H2,(H,17,18). The number of hydrogen-bond donors (Lipinski definition) is 1. The number of aliphatic carboxylic acids is 1. The van der Waals surface area contributed by atoms with Crippen molar-refractivity contribution in [3.8, 4) is 0 Å². The second-order valence-electron chi connectivity index (χ2n) is 4.25. The van der Waals surface area contributed by atoms with E-state index in [-0.39, 0.29) is 6.54 Å². The average Bonchev–Trinajstić information content (AvgIpc) is 2.77. The summed E-state index contributed by atoms with van der Waals surface area (Å²) >= 11 is 0. The van der Waals surface area contributed by atoms with Crippen molar-refractivity contribution in [2.45, 2.75) is 25.8 Å². The molecule has 0 aliphatic heterocycles. The topological polar surface area (TPSA) is 55.1 Å². The molecule has 0 amide bonds. The lowest BCUT2D eigenvalue weighted by molar-refractivity contribution is -0.137. The van der Waals surface area contributed by atoms with Crippen LogP contribution in [-0.2, 0) is 24.2 Å². The van der Waals surface area contributed by atoms with Crippen LogP contribution in [0.2, 0.25) is 0 Å². The molecule has 0 unspecified atom stereocenters. The molecule has 0 spiro atoms. The molecule has 4 heteroatoms. The zero-order valence-corrected chi connectivity index (χ0v) is 10.1. The Morgan fingerprint density at radius 1 is 1.22 bits per heavy atom. The summed E-state index contributed by atoms with van der Waals surface area (Å²) in [7, 11) is 0. The van der Waals surface area contributed by atoms with Gasteiger partial charge in [0.1, 0.15) is 6.54 Å².